The first-order valence-electron chi connectivity index (χ1n) is 5.33. The average molecular weight is 260 g/mol. The van der Waals surface area contributed by atoms with Gasteiger partial charge in [-0.05, 0) is 18.2 Å². The number of hydrogen-bond donors (Lipinski definition) is 1. The summed E-state index contributed by atoms with van der Waals surface area (Å²) in [6.45, 7) is 0. The van der Waals surface area contributed by atoms with Crippen LogP contribution in [0.1, 0.15) is 12.8 Å². The molecule has 0 aliphatic carbocycles. The van der Waals surface area contributed by atoms with Crippen molar-refractivity contribution >= 4 is 17.3 Å². The first kappa shape index (κ1) is 11.3. The summed E-state index contributed by atoms with van der Waals surface area (Å²) in [6.07, 6.45) is -5.16. The van der Waals surface area contributed by atoms with Gasteiger partial charge in [-0.15, -0.1) is 0 Å². The Bertz CT molecular complexity index is 542. The third-order valence-electron chi connectivity index (χ3n) is 3.34. The Morgan fingerprint density at radius 2 is 2.06 bits per heavy atom. The van der Waals surface area contributed by atoms with Crippen LogP contribution < -0.4 is 10.2 Å². The highest BCUT2D eigenvalue weighted by atomic mass is 19.4. The van der Waals surface area contributed by atoms with Crippen LogP contribution in [0.4, 0.5) is 28.9 Å². The van der Waals surface area contributed by atoms with Crippen molar-refractivity contribution < 1.29 is 22.4 Å². The van der Waals surface area contributed by atoms with Crippen LogP contribution in [0, 0.1) is 5.82 Å². The van der Waals surface area contributed by atoms with Crippen molar-refractivity contribution in [1.82, 2.24) is 0 Å². The molecule has 0 saturated carbocycles. The van der Waals surface area contributed by atoms with Gasteiger partial charge >= 0.3 is 6.18 Å². The summed E-state index contributed by atoms with van der Waals surface area (Å²) in [5, 5.41) is 2.26. The van der Waals surface area contributed by atoms with Gasteiger partial charge in [0.1, 0.15) is 5.82 Å². The Kier molecular flexibility index (Phi) is 1.98. The largest absolute Gasteiger partial charge is 0.430 e. The summed E-state index contributed by atoms with van der Waals surface area (Å²) in [7, 11) is 0. The number of rotatable bonds is 0. The number of alkyl halides is 3. The van der Waals surface area contributed by atoms with Crippen molar-refractivity contribution in [2.45, 2.75) is 24.7 Å². The molecular formula is C11H8F4N2O. The molecule has 0 spiro atoms. The van der Waals surface area contributed by atoms with Crippen molar-refractivity contribution in [3.05, 3.63) is 24.0 Å². The molecule has 0 radical (unpaired) electrons. The number of nitrogens with zero attached hydrogens (tertiary/aromatic N) is 1. The number of halogens is 4. The number of hydrogen-bond acceptors (Lipinski definition) is 2. The van der Waals surface area contributed by atoms with Crippen LogP contribution in [0.2, 0.25) is 0 Å². The second-order valence-corrected chi connectivity index (χ2v) is 4.37. The molecule has 1 saturated heterocycles. The van der Waals surface area contributed by atoms with Gasteiger partial charge in [-0.3, -0.25) is 9.69 Å². The molecule has 18 heavy (non-hydrogen) atoms. The number of carbonyl (C=O) groups excluding carboxylic acids is 1. The predicted octanol–water partition coefficient (Wildman–Crippen LogP) is 2.64. The van der Waals surface area contributed by atoms with Gasteiger partial charge in [0.05, 0.1) is 11.4 Å². The molecule has 7 heteroatoms. The van der Waals surface area contributed by atoms with Crippen molar-refractivity contribution in [2.24, 2.45) is 0 Å². The molecule has 1 N–H and O–H groups in total. The fourth-order valence-electron chi connectivity index (χ4n) is 2.55. The van der Waals surface area contributed by atoms with Crippen LogP contribution in [0.5, 0.6) is 0 Å². The van der Waals surface area contributed by atoms with Crippen LogP contribution in [0.25, 0.3) is 0 Å². The molecular weight excluding hydrogens is 252 g/mol. The summed E-state index contributed by atoms with van der Waals surface area (Å²) < 4.78 is 52.6. The van der Waals surface area contributed by atoms with Gasteiger partial charge in [0.25, 0.3) is 0 Å². The van der Waals surface area contributed by atoms with Gasteiger partial charge in [-0.1, -0.05) is 0 Å². The molecule has 1 fully saturated rings. The van der Waals surface area contributed by atoms with E-state index < -0.39 is 23.6 Å². The quantitative estimate of drug-likeness (QED) is 0.727. The van der Waals surface area contributed by atoms with E-state index in [0.717, 1.165) is 12.1 Å². The zero-order chi connectivity index (χ0) is 13.1. The first-order valence-corrected chi connectivity index (χ1v) is 5.33. The Balaban J connectivity index is 2.18. The number of fused-ring (bicyclic) bond motifs is 3. The van der Waals surface area contributed by atoms with E-state index in [1.807, 2.05) is 0 Å². The normalized spacial score (nSPS) is 26.0. The molecule has 96 valence electrons. The van der Waals surface area contributed by atoms with Crippen LogP contribution in [-0.4, -0.2) is 17.7 Å². The number of nitrogens with one attached hydrogen (secondary N) is 1. The topological polar surface area (TPSA) is 32.3 Å². The van der Waals surface area contributed by atoms with Crippen molar-refractivity contribution in [1.29, 1.82) is 0 Å². The fourth-order valence-corrected chi connectivity index (χ4v) is 2.55. The van der Waals surface area contributed by atoms with E-state index in [0.29, 0.717) is 4.90 Å². The summed E-state index contributed by atoms with van der Waals surface area (Å²) in [5.74, 6) is -1.25. The third kappa shape index (κ3) is 1.21. The molecule has 1 aromatic carbocycles. The van der Waals surface area contributed by atoms with E-state index >= 15 is 0 Å². The van der Waals surface area contributed by atoms with Crippen LogP contribution >= 0.6 is 0 Å². The van der Waals surface area contributed by atoms with Gasteiger partial charge in [-0.2, -0.15) is 13.2 Å². The molecule has 0 aromatic heterocycles. The Hall–Kier alpha value is -1.79. The lowest BCUT2D eigenvalue weighted by molar-refractivity contribution is -0.175. The van der Waals surface area contributed by atoms with Gasteiger partial charge in [0.2, 0.25) is 11.6 Å². The zero-order valence-corrected chi connectivity index (χ0v) is 9.01. The van der Waals surface area contributed by atoms with Crippen LogP contribution in [-0.2, 0) is 4.79 Å². The number of anilines is 2. The van der Waals surface area contributed by atoms with Crippen LogP contribution in [0.15, 0.2) is 18.2 Å². The zero-order valence-electron chi connectivity index (χ0n) is 9.01. The van der Waals surface area contributed by atoms with E-state index in [9.17, 15) is 22.4 Å². The first-order chi connectivity index (χ1) is 8.35. The van der Waals surface area contributed by atoms with Gasteiger partial charge in [-0.25, -0.2) is 4.39 Å². The van der Waals surface area contributed by atoms with Crippen molar-refractivity contribution in [2.75, 3.05) is 10.2 Å². The summed E-state index contributed by atoms with van der Waals surface area (Å²) in [4.78, 5) is 12.3. The lowest BCUT2D eigenvalue weighted by atomic mass is 10.1. The highest BCUT2D eigenvalue weighted by Gasteiger charge is 2.66. The fraction of sp³-hybridized carbons (Fsp3) is 0.364. The molecule has 1 atom stereocenters. The van der Waals surface area contributed by atoms with Crippen LogP contribution in [0.3, 0.4) is 0 Å². The predicted molar refractivity (Wildman–Crippen MR) is 55.5 cm³/mol. The molecule has 2 aliphatic rings. The minimum Gasteiger partial charge on any atom is -0.353 e. The third-order valence-corrected chi connectivity index (χ3v) is 3.34. The highest BCUT2D eigenvalue weighted by Crippen LogP contribution is 2.53. The molecule has 2 aliphatic heterocycles. The average Bonchev–Trinajstić information content (AvgIpc) is 2.74. The van der Waals surface area contributed by atoms with Gasteiger partial charge in [0.15, 0.2) is 0 Å². The van der Waals surface area contributed by atoms with Crippen molar-refractivity contribution in [3.8, 4) is 0 Å². The summed E-state index contributed by atoms with van der Waals surface area (Å²) in [5.41, 5.74) is -2.34. The lowest BCUT2D eigenvalue weighted by Gasteiger charge is -2.34. The Morgan fingerprint density at radius 1 is 1.33 bits per heavy atom. The molecule has 3 rings (SSSR count). The second-order valence-electron chi connectivity index (χ2n) is 4.37. The second kappa shape index (κ2) is 3.15. The number of amides is 1. The number of benzene rings is 1. The van der Waals surface area contributed by atoms with Gasteiger partial charge in [0, 0.05) is 12.8 Å². The molecule has 1 aromatic rings. The molecule has 2 heterocycles. The lowest BCUT2D eigenvalue weighted by Crippen LogP contribution is -2.58. The summed E-state index contributed by atoms with van der Waals surface area (Å²) >= 11 is 0. The molecule has 1 amide bonds. The van der Waals surface area contributed by atoms with E-state index in [1.54, 1.807) is 0 Å². The standard InChI is InChI=1S/C11H8F4N2O/c12-6-1-2-8-7(5-6)16-10(11(13,14)15)4-3-9(18)17(8)10/h1-2,5,16H,3-4H2. The molecule has 3 nitrogen and oxygen atoms in total. The smallest absolute Gasteiger partial charge is 0.353 e. The minimum absolute atomic E-state index is 0.000347. The molecule has 0 bridgehead atoms. The maximum Gasteiger partial charge on any atom is 0.430 e. The maximum atomic E-state index is 13.2. The molecule has 1 unspecified atom stereocenters. The van der Waals surface area contributed by atoms with E-state index in [4.69, 9.17) is 0 Å². The van der Waals surface area contributed by atoms with Crippen molar-refractivity contribution in [3.63, 3.8) is 0 Å². The SMILES string of the molecule is O=C1CCC2(C(F)(F)F)Nc3cc(F)ccc3N12. The highest BCUT2D eigenvalue weighted by molar-refractivity contribution is 6.04. The summed E-state index contributed by atoms with van der Waals surface area (Å²) in [6, 6.07) is 3.20. The maximum absolute atomic E-state index is 13.2. The van der Waals surface area contributed by atoms with E-state index in [2.05, 4.69) is 5.32 Å². The van der Waals surface area contributed by atoms with E-state index in [-0.39, 0.29) is 24.2 Å². The Labute approximate surface area is 99.4 Å². The Morgan fingerprint density at radius 3 is 2.72 bits per heavy atom. The van der Waals surface area contributed by atoms with Gasteiger partial charge < -0.3 is 5.32 Å². The minimum atomic E-state index is -4.62. The number of carbonyl (C=O) groups is 1. The van der Waals surface area contributed by atoms with E-state index in [1.165, 1.54) is 6.07 Å². The monoisotopic (exact) mass is 260 g/mol.